The van der Waals surface area contributed by atoms with Crippen LogP contribution >= 0.6 is 22.9 Å². The minimum Gasteiger partial charge on any atom is -0.481 e. The number of halogens is 4. The zero-order chi connectivity index (χ0) is 27.3. The standard InChI is InChI=1S/C21H19ClF3N5O5S/c1-10(35-19(33)34-9-20(2,3)18(31)32)29-30-14(13(27)8-26)15-16(22)36-17(28-15)11-5-4-6-12(7-11)21(23,24)25/h4-7,10,27,29H,9H2,1-3H3,(H,31,32)/b27-13?,30-14+. The summed E-state index contributed by atoms with van der Waals surface area (Å²) in [5.74, 6) is -1.18. The second-order valence-corrected chi connectivity index (χ2v) is 9.39. The molecule has 0 aliphatic carbocycles. The van der Waals surface area contributed by atoms with Crippen molar-refractivity contribution in [1.29, 1.82) is 10.7 Å². The van der Waals surface area contributed by atoms with Gasteiger partial charge in [-0.3, -0.25) is 15.6 Å². The SMILES string of the molecule is CC(N/N=C(\C(=N)C#N)c1nc(-c2cccc(C(F)(F)F)c2)sc1Cl)OC(=O)OCC(C)(C)C(=O)O. The molecule has 1 unspecified atom stereocenters. The lowest BCUT2D eigenvalue weighted by Gasteiger charge is -2.19. The van der Waals surface area contributed by atoms with Crippen LogP contribution in [0.25, 0.3) is 10.6 Å². The highest BCUT2D eigenvalue weighted by atomic mass is 35.5. The van der Waals surface area contributed by atoms with Gasteiger partial charge in [-0.25, -0.2) is 9.78 Å². The summed E-state index contributed by atoms with van der Waals surface area (Å²) in [6.45, 7) is 3.56. The van der Waals surface area contributed by atoms with Crippen LogP contribution in [0.2, 0.25) is 4.34 Å². The number of aromatic nitrogens is 1. The number of hydrazone groups is 1. The van der Waals surface area contributed by atoms with Gasteiger partial charge in [-0.15, -0.1) is 11.3 Å². The Hall–Kier alpha value is -3.70. The number of carboxylic acid groups (broad SMARTS) is 1. The maximum Gasteiger partial charge on any atom is 0.510 e. The van der Waals surface area contributed by atoms with Crippen molar-refractivity contribution in [2.75, 3.05) is 6.61 Å². The lowest BCUT2D eigenvalue weighted by atomic mass is 9.95. The normalized spacial score (nSPS) is 12.9. The summed E-state index contributed by atoms with van der Waals surface area (Å²) >= 11 is 7.01. The number of ether oxygens (including phenoxy) is 2. The van der Waals surface area contributed by atoms with Gasteiger partial charge in [0, 0.05) is 5.56 Å². The molecular weight excluding hydrogens is 527 g/mol. The Bertz CT molecular complexity index is 1240. The molecule has 36 heavy (non-hydrogen) atoms. The summed E-state index contributed by atoms with van der Waals surface area (Å²) in [6.07, 6.45) is -6.93. The number of carbonyl (C=O) groups is 2. The highest BCUT2D eigenvalue weighted by molar-refractivity contribution is 7.19. The predicted molar refractivity (Wildman–Crippen MR) is 124 cm³/mol. The molecule has 1 aromatic heterocycles. The van der Waals surface area contributed by atoms with Crippen LogP contribution in [0, 0.1) is 22.2 Å². The Kier molecular flexibility index (Phi) is 9.00. The molecule has 192 valence electrons. The van der Waals surface area contributed by atoms with Gasteiger partial charge in [0.2, 0.25) is 0 Å². The number of thiazole rings is 1. The van der Waals surface area contributed by atoms with Crippen LogP contribution in [-0.2, 0) is 20.4 Å². The van der Waals surface area contributed by atoms with Gasteiger partial charge in [-0.1, -0.05) is 23.7 Å². The number of hydrogen-bond donors (Lipinski definition) is 3. The Morgan fingerprint density at radius 3 is 2.64 bits per heavy atom. The van der Waals surface area contributed by atoms with Crippen LogP contribution in [0.4, 0.5) is 18.0 Å². The second kappa shape index (κ2) is 11.4. The van der Waals surface area contributed by atoms with E-state index in [9.17, 15) is 28.0 Å². The number of aliphatic carboxylic acids is 1. The minimum absolute atomic E-state index is 0.0492. The zero-order valence-electron chi connectivity index (χ0n) is 18.9. The maximum absolute atomic E-state index is 13.1. The number of nitriles is 1. The highest BCUT2D eigenvalue weighted by Gasteiger charge is 2.31. The summed E-state index contributed by atoms with van der Waals surface area (Å²) in [6, 6.07) is 5.95. The van der Waals surface area contributed by atoms with E-state index in [1.807, 2.05) is 0 Å². The van der Waals surface area contributed by atoms with Crippen LogP contribution in [-0.4, -0.2) is 46.5 Å². The third kappa shape index (κ3) is 7.40. The third-order valence-corrected chi connectivity index (χ3v) is 5.66. The molecule has 0 bridgehead atoms. The van der Waals surface area contributed by atoms with Crippen molar-refractivity contribution in [3.05, 3.63) is 39.9 Å². The molecule has 2 aromatic rings. The highest BCUT2D eigenvalue weighted by Crippen LogP contribution is 2.36. The predicted octanol–water partition coefficient (Wildman–Crippen LogP) is 4.93. The third-order valence-electron chi connectivity index (χ3n) is 4.36. The van der Waals surface area contributed by atoms with Crippen molar-refractivity contribution >= 4 is 46.5 Å². The molecule has 0 aliphatic rings. The quantitative estimate of drug-likeness (QED) is 0.173. The molecule has 1 heterocycles. The largest absolute Gasteiger partial charge is 0.510 e. The van der Waals surface area contributed by atoms with Gasteiger partial charge >= 0.3 is 18.3 Å². The van der Waals surface area contributed by atoms with Crippen molar-refractivity contribution in [2.45, 2.75) is 33.2 Å². The number of carboxylic acids is 1. The fourth-order valence-electron chi connectivity index (χ4n) is 2.34. The van der Waals surface area contributed by atoms with E-state index in [-0.39, 0.29) is 26.3 Å². The van der Waals surface area contributed by atoms with Crippen LogP contribution in [0.15, 0.2) is 29.4 Å². The summed E-state index contributed by atoms with van der Waals surface area (Å²) in [4.78, 5) is 27.0. The Labute approximate surface area is 211 Å². The minimum atomic E-state index is -4.57. The van der Waals surface area contributed by atoms with Gasteiger partial charge in [0.05, 0.1) is 11.0 Å². The lowest BCUT2D eigenvalue weighted by Crippen LogP contribution is -2.33. The van der Waals surface area contributed by atoms with Gasteiger partial charge in [0.15, 0.2) is 11.9 Å². The van der Waals surface area contributed by atoms with Gasteiger partial charge in [-0.05, 0) is 32.9 Å². The first-order chi connectivity index (χ1) is 16.7. The van der Waals surface area contributed by atoms with Crippen molar-refractivity contribution in [3.63, 3.8) is 0 Å². The Balaban J connectivity index is 2.22. The number of nitrogens with one attached hydrogen (secondary N) is 2. The van der Waals surface area contributed by atoms with Crippen molar-refractivity contribution < 1.29 is 37.3 Å². The van der Waals surface area contributed by atoms with Crippen LogP contribution in [0.1, 0.15) is 32.0 Å². The number of alkyl halides is 3. The molecule has 15 heteroatoms. The Morgan fingerprint density at radius 2 is 2.06 bits per heavy atom. The number of hydrogen-bond acceptors (Lipinski definition) is 10. The van der Waals surface area contributed by atoms with Gasteiger partial charge in [0.1, 0.15) is 33.4 Å². The molecule has 3 N–H and O–H groups in total. The van der Waals surface area contributed by atoms with Crippen LogP contribution in [0.3, 0.4) is 0 Å². The smallest absolute Gasteiger partial charge is 0.481 e. The molecule has 0 aliphatic heterocycles. The van der Waals surface area contributed by atoms with Crippen LogP contribution < -0.4 is 5.43 Å². The summed E-state index contributed by atoms with van der Waals surface area (Å²) in [5, 5.41) is 30.0. The number of benzene rings is 1. The monoisotopic (exact) mass is 545 g/mol. The molecule has 0 radical (unpaired) electrons. The average molecular weight is 546 g/mol. The van der Waals surface area contributed by atoms with E-state index in [1.54, 1.807) is 6.07 Å². The number of carbonyl (C=O) groups excluding carboxylic acids is 1. The first-order valence-electron chi connectivity index (χ1n) is 9.89. The first kappa shape index (κ1) is 28.5. The van der Waals surface area contributed by atoms with E-state index in [1.165, 1.54) is 32.9 Å². The first-order valence-corrected chi connectivity index (χ1v) is 11.1. The molecular formula is C21H19ClF3N5O5S. The molecule has 1 aromatic carbocycles. The second-order valence-electron chi connectivity index (χ2n) is 7.78. The molecule has 0 fully saturated rings. The molecule has 0 saturated heterocycles. The lowest BCUT2D eigenvalue weighted by molar-refractivity contribution is -0.149. The fraction of sp³-hybridized carbons (Fsp3) is 0.333. The van der Waals surface area contributed by atoms with E-state index >= 15 is 0 Å². The zero-order valence-corrected chi connectivity index (χ0v) is 20.5. The van der Waals surface area contributed by atoms with Gasteiger partial charge in [-0.2, -0.15) is 23.5 Å². The van der Waals surface area contributed by atoms with E-state index in [4.69, 9.17) is 31.6 Å². The topological polar surface area (TPSA) is 158 Å². The number of rotatable bonds is 9. The maximum atomic E-state index is 13.1. The van der Waals surface area contributed by atoms with Crippen molar-refractivity contribution in [3.8, 4) is 16.6 Å². The van der Waals surface area contributed by atoms with E-state index in [0.29, 0.717) is 0 Å². The van der Waals surface area contributed by atoms with Gasteiger partial charge in [0.25, 0.3) is 0 Å². The van der Waals surface area contributed by atoms with Crippen molar-refractivity contribution in [1.82, 2.24) is 10.4 Å². The summed E-state index contributed by atoms with van der Waals surface area (Å²) in [5.41, 5.74) is -0.935. The molecule has 10 nitrogen and oxygen atoms in total. The Morgan fingerprint density at radius 1 is 1.39 bits per heavy atom. The average Bonchev–Trinajstić information content (AvgIpc) is 3.18. The summed E-state index contributed by atoms with van der Waals surface area (Å²) in [7, 11) is 0. The van der Waals surface area contributed by atoms with Crippen molar-refractivity contribution in [2.24, 2.45) is 10.5 Å². The molecule has 1 atom stereocenters. The fourth-order valence-corrected chi connectivity index (χ4v) is 3.48. The van der Waals surface area contributed by atoms with E-state index < -0.39 is 47.8 Å². The summed E-state index contributed by atoms with van der Waals surface area (Å²) < 4.78 is 48.8. The van der Waals surface area contributed by atoms with E-state index in [2.05, 4.69) is 15.5 Å². The molecule has 0 amide bonds. The van der Waals surface area contributed by atoms with Crippen LogP contribution in [0.5, 0.6) is 0 Å². The van der Waals surface area contributed by atoms with Gasteiger partial charge < -0.3 is 14.6 Å². The molecule has 0 spiro atoms. The molecule has 0 saturated carbocycles. The van der Waals surface area contributed by atoms with E-state index in [0.717, 1.165) is 23.5 Å². The number of nitrogens with zero attached hydrogens (tertiary/aromatic N) is 3. The molecule has 2 rings (SSSR count).